The van der Waals surface area contributed by atoms with Gasteiger partial charge in [0.05, 0.1) is 6.10 Å². The first kappa shape index (κ1) is 10.7. The third-order valence-corrected chi connectivity index (χ3v) is 2.39. The number of methoxy groups -OCH3 is 1. The molecule has 3 heteroatoms. The van der Waals surface area contributed by atoms with Gasteiger partial charge in [0.1, 0.15) is 0 Å². The van der Waals surface area contributed by atoms with E-state index >= 15 is 0 Å². The van der Waals surface area contributed by atoms with Gasteiger partial charge in [0.15, 0.2) is 0 Å². The second-order valence-corrected chi connectivity index (χ2v) is 3.75. The zero-order chi connectivity index (χ0) is 9.68. The molecule has 0 saturated carbocycles. The van der Waals surface area contributed by atoms with Crippen LogP contribution in [0.5, 0.6) is 0 Å². The lowest BCUT2D eigenvalue weighted by atomic mass is 10.1. The molecule has 0 spiro atoms. The molecule has 0 aliphatic carbocycles. The third kappa shape index (κ3) is 3.10. The molecule has 0 unspecified atom stereocenters. The second kappa shape index (κ2) is 5.37. The number of hydrogen-bond acceptors (Lipinski definition) is 2. The monoisotopic (exact) mass is 243 g/mol. The Morgan fingerprint density at radius 3 is 2.85 bits per heavy atom. The van der Waals surface area contributed by atoms with Crippen LogP contribution in [0.3, 0.4) is 0 Å². The minimum Gasteiger partial charge on any atom is -0.375 e. The van der Waals surface area contributed by atoms with Crippen molar-refractivity contribution in [3.05, 3.63) is 34.3 Å². The fourth-order valence-electron chi connectivity index (χ4n) is 1.23. The van der Waals surface area contributed by atoms with Gasteiger partial charge in [0.25, 0.3) is 0 Å². The molecule has 1 atom stereocenters. The average molecular weight is 244 g/mol. The molecular formula is C10H14BrNO. The average Bonchev–Trinajstić information content (AvgIpc) is 2.14. The zero-order valence-electron chi connectivity index (χ0n) is 7.88. The van der Waals surface area contributed by atoms with Crippen molar-refractivity contribution in [2.24, 2.45) is 0 Å². The van der Waals surface area contributed by atoms with Gasteiger partial charge in [-0.25, -0.2) is 0 Å². The first-order chi connectivity index (χ1) is 6.27. The van der Waals surface area contributed by atoms with Crippen LogP contribution in [0.15, 0.2) is 28.7 Å². The normalized spacial score (nSPS) is 12.8. The molecule has 0 amide bonds. The fourth-order valence-corrected chi connectivity index (χ4v) is 1.65. The molecule has 1 aromatic carbocycles. The highest BCUT2D eigenvalue weighted by Crippen LogP contribution is 2.19. The molecule has 0 radical (unpaired) electrons. The Balaban J connectivity index is 2.78. The van der Waals surface area contributed by atoms with E-state index in [0.717, 1.165) is 11.0 Å². The zero-order valence-corrected chi connectivity index (χ0v) is 9.47. The molecule has 13 heavy (non-hydrogen) atoms. The van der Waals surface area contributed by atoms with Crippen molar-refractivity contribution >= 4 is 15.9 Å². The molecule has 0 saturated heterocycles. The molecule has 0 fully saturated rings. The summed E-state index contributed by atoms with van der Waals surface area (Å²) in [6.45, 7) is 0.826. The van der Waals surface area contributed by atoms with Crippen molar-refractivity contribution in [2.75, 3.05) is 20.7 Å². The minimum atomic E-state index is 0.127. The molecule has 0 aromatic heterocycles. The summed E-state index contributed by atoms with van der Waals surface area (Å²) < 4.78 is 6.43. The molecule has 72 valence electrons. The molecule has 1 aromatic rings. The first-order valence-electron chi connectivity index (χ1n) is 4.20. The Labute approximate surface area is 87.4 Å². The summed E-state index contributed by atoms with van der Waals surface area (Å²) in [6, 6.07) is 8.17. The molecular weight excluding hydrogens is 230 g/mol. The van der Waals surface area contributed by atoms with E-state index in [-0.39, 0.29) is 6.10 Å². The van der Waals surface area contributed by atoms with Crippen LogP contribution in [0, 0.1) is 0 Å². The van der Waals surface area contributed by atoms with Gasteiger partial charge in [-0.2, -0.15) is 0 Å². The number of ether oxygens (including phenoxy) is 1. The van der Waals surface area contributed by atoms with Crippen LogP contribution in [-0.4, -0.2) is 20.7 Å². The highest BCUT2D eigenvalue weighted by atomic mass is 79.9. The van der Waals surface area contributed by atoms with Gasteiger partial charge >= 0.3 is 0 Å². The van der Waals surface area contributed by atoms with Gasteiger partial charge in [-0.15, -0.1) is 0 Å². The third-order valence-electron chi connectivity index (χ3n) is 1.89. The minimum absolute atomic E-state index is 0.127. The van der Waals surface area contributed by atoms with Crippen molar-refractivity contribution in [1.82, 2.24) is 5.32 Å². The predicted octanol–water partition coefficient (Wildman–Crippen LogP) is 2.36. The summed E-state index contributed by atoms with van der Waals surface area (Å²) in [4.78, 5) is 0. The lowest BCUT2D eigenvalue weighted by Crippen LogP contribution is -2.18. The molecule has 1 rings (SSSR count). The van der Waals surface area contributed by atoms with Crippen LogP contribution < -0.4 is 5.32 Å². The smallest absolute Gasteiger partial charge is 0.0945 e. The van der Waals surface area contributed by atoms with Gasteiger partial charge in [-0.05, 0) is 24.7 Å². The lowest BCUT2D eigenvalue weighted by Gasteiger charge is -2.15. The van der Waals surface area contributed by atoms with Crippen LogP contribution in [0.4, 0.5) is 0 Å². The van der Waals surface area contributed by atoms with Gasteiger partial charge in [0.2, 0.25) is 0 Å². The SMILES string of the molecule is CNC[C@@H](OC)c1cccc(Br)c1. The summed E-state index contributed by atoms with van der Waals surface area (Å²) in [5, 5.41) is 3.10. The maximum absolute atomic E-state index is 5.35. The summed E-state index contributed by atoms with van der Waals surface area (Å²) >= 11 is 3.43. The summed E-state index contributed by atoms with van der Waals surface area (Å²) in [6.07, 6.45) is 0.127. The Kier molecular flexibility index (Phi) is 4.42. The fraction of sp³-hybridized carbons (Fsp3) is 0.400. The highest BCUT2D eigenvalue weighted by molar-refractivity contribution is 9.10. The van der Waals surface area contributed by atoms with Gasteiger partial charge < -0.3 is 10.1 Å². The van der Waals surface area contributed by atoms with Crippen LogP contribution in [0.1, 0.15) is 11.7 Å². The van der Waals surface area contributed by atoms with Crippen LogP contribution in [0.25, 0.3) is 0 Å². The number of rotatable bonds is 4. The summed E-state index contributed by atoms with van der Waals surface area (Å²) in [5.41, 5.74) is 1.19. The van der Waals surface area contributed by atoms with E-state index in [9.17, 15) is 0 Å². The Morgan fingerprint density at radius 1 is 1.54 bits per heavy atom. The van der Waals surface area contributed by atoms with Crippen molar-refractivity contribution < 1.29 is 4.74 Å². The maximum Gasteiger partial charge on any atom is 0.0945 e. The molecule has 0 bridgehead atoms. The number of likely N-dealkylation sites (N-methyl/N-ethyl adjacent to an activating group) is 1. The van der Waals surface area contributed by atoms with E-state index in [0.29, 0.717) is 0 Å². The highest BCUT2D eigenvalue weighted by Gasteiger charge is 2.08. The van der Waals surface area contributed by atoms with Gasteiger partial charge in [-0.3, -0.25) is 0 Å². The summed E-state index contributed by atoms with van der Waals surface area (Å²) in [5.74, 6) is 0. The topological polar surface area (TPSA) is 21.3 Å². The molecule has 1 N–H and O–H groups in total. The van der Waals surface area contributed by atoms with Gasteiger partial charge in [0, 0.05) is 18.1 Å². The van der Waals surface area contributed by atoms with Crippen LogP contribution >= 0.6 is 15.9 Å². The Morgan fingerprint density at radius 2 is 2.31 bits per heavy atom. The standard InChI is InChI=1S/C10H14BrNO/c1-12-7-10(13-2)8-4-3-5-9(11)6-8/h3-6,10,12H,7H2,1-2H3/t10-/m1/s1. The molecule has 0 aliphatic heterocycles. The quantitative estimate of drug-likeness (QED) is 0.877. The lowest BCUT2D eigenvalue weighted by molar-refractivity contribution is 0.104. The van der Waals surface area contributed by atoms with Crippen molar-refractivity contribution in [2.45, 2.75) is 6.10 Å². The van der Waals surface area contributed by atoms with Crippen molar-refractivity contribution in [1.29, 1.82) is 0 Å². The second-order valence-electron chi connectivity index (χ2n) is 2.84. The first-order valence-corrected chi connectivity index (χ1v) is 5.00. The van der Waals surface area contributed by atoms with E-state index < -0.39 is 0 Å². The van der Waals surface area contributed by atoms with E-state index in [4.69, 9.17) is 4.74 Å². The molecule has 0 heterocycles. The number of hydrogen-bond donors (Lipinski definition) is 1. The predicted molar refractivity (Wildman–Crippen MR) is 57.8 cm³/mol. The number of halogens is 1. The van der Waals surface area contributed by atoms with Crippen LogP contribution in [0.2, 0.25) is 0 Å². The largest absolute Gasteiger partial charge is 0.375 e. The van der Waals surface area contributed by atoms with Crippen molar-refractivity contribution in [3.8, 4) is 0 Å². The number of benzene rings is 1. The molecule has 0 aliphatic rings. The van der Waals surface area contributed by atoms with Crippen molar-refractivity contribution in [3.63, 3.8) is 0 Å². The van der Waals surface area contributed by atoms with E-state index in [1.807, 2.05) is 19.2 Å². The van der Waals surface area contributed by atoms with Crippen LogP contribution in [-0.2, 0) is 4.74 Å². The maximum atomic E-state index is 5.35. The Bertz CT molecular complexity index is 265. The van der Waals surface area contributed by atoms with E-state index in [1.165, 1.54) is 5.56 Å². The number of nitrogens with one attached hydrogen (secondary N) is 1. The van der Waals surface area contributed by atoms with Gasteiger partial charge in [-0.1, -0.05) is 28.1 Å². The van der Waals surface area contributed by atoms with E-state index in [1.54, 1.807) is 7.11 Å². The Hall–Kier alpha value is -0.380. The molecule has 2 nitrogen and oxygen atoms in total. The van der Waals surface area contributed by atoms with E-state index in [2.05, 4.69) is 33.4 Å². The summed E-state index contributed by atoms with van der Waals surface area (Å²) in [7, 11) is 3.65.